The molecule has 0 aromatic carbocycles. The Morgan fingerprint density at radius 2 is 0.500 bits per heavy atom. The van der Waals surface area contributed by atoms with Crippen LogP contribution in [0.3, 0.4) is 0 Å². The number of hydrogen-bond acceptors (Lipinski definition) is 0. The normalized spacial score (nSPS) is 10.3. The van der Waals surface area contributed by atoms with E-state index in [2.05, 4.69) is 13.8 Å². The molecule has 0 fully saturated rings. The molecule has 0 aliphatic rings. The maximum Gasteiger partial charge on any atom is 2.00 e. The van der Waals surface area contributed by atoms with Crippen molar-refractivity contribution in [1.82, 2.24) is 0 Å². The molecule has 0 aliphatic heterocycles. The van der Waals surface area contributed by atoms with E-state index in [1.54, 1.807) is 0 Å². The Hall–Kier alpha value is 0.519. The van der Waals surface area contributed by atoms with Gasteiger partial charge >= 0.3 is 17.1 Å². The van der Waals surface area contributed by atoms with E-state index in [1.165, 1.54) is 96.3 Å². The molecule has 0 saturated heterocycles. The third-order valence-electron chi connectivity index (χ3n) is 3.71. The summed E-state index contributed by atoms with van der Waals surface area (Å²) in [6.07, 6.45) is 21.9. The first kappa shape index (κ1) is 20.8. The van der Waals surface area contributed by atoms with E-state index in [1.807, 2.05) is 0 Å². The van der Waals surface area contributed by atoms with Gasteiger partial charge in [0.1, 0.15) is 0 Å². The van der Waals surface area contributed by atoms with Gasteiger partial charge in [0.25, 0.3) is 0 Å². The van der Waals surface area contributed by atoms with Crippen molar-refractivity contribution in [2.24, 2.45) is 0 Å². The van der Waals surface area contributed by atoms with Crippen LogP contribution in [0.15, 0.2) is 0 Å². The van der Waals surface area contributed by atoms with Gasteiger partial charge in [0.05, 0.1) is 0 Å². The second kappa shape index (κ2) is 19.8. The van der Waals surface area contributed by atoms with Crippen molar-refractivity contribution in [3.8, 4) is 0 Å². The molecular weight excluding hydrogens is 259 g/mol. The van der Waals surface area contributed by atoms with Crippen LogP contribution in [0.5, 0.6) is 0 Å². The number of rotatable bonds is 14. The fourth-order valence-corrected chi connectivity index (χ4v) is 2.44. The summed E-state index contributed by atoms with van der Waals surface area (Å²) >= 11 is 0. The quantitative estimate of drug-likeness (QED) is 0.242. The molecular formula is C17H36Mn+2. The second-order valence-electron chi connectivity index (χ2n) is 5.60. The van der Waals surface area contributed by atoms with E-state index in [-0.39, 0.29) is 17.1 Å². The smallest absolute Gasteiger partial charge is 0.0654 e. The summed E-state index contributed by atoms with van der Waals surface area (Å²) in [5.41, 5.74) is 0. The van der Waals surface area contributed by atoms with Crippen molar-refractivity contribution in [3.05, 3.63) is 0 Å². The molecule has 0 aromatic heterocycles. The van der Waals surface area contributed by atoms with Gasteiger partial charge in [-0.25, -0.2) is 0 Å². The largest absolute Gasteiger partial charge is 2.00 e. The van der Waals surface area contributed by atoms with E-state index in [9.17, 15) is 0 Å². The van der Waals surface area contributed by atoms with Gasteiger partial charge < -0.3 is 0 Å². The Morgan fingerprint density at radius 1 is 0.333 bits per heavy atom. The van der Waals surface area contributed by atoms with Crippen LogP contribution >= 0.6 is 0 Å². The van der Waals surface area contributed by atoms with Gasteiger partial charge in [-0.05, 0) is 0 Å². The molecule has 0 aliphatic carbocycles. The molecule has 1 radical (unpaired) electrons. The summed E-state index contributed by atoms with van der Waals surface area (Å²) in [7, 11) is 0. The average molecular weight is 295 g/mol. The van der Waals surface area contributed by atoms with Gasteiger partial charge in [-0.2, -0.15) is 0 Å². The van der Waals surface area contributed by atoms with Crippen molar-refractivity contribution in [3.63, 3.8) is 0 Å². The summed E-state index contributed by atoms with van der Waals surface area (Å²) in [4.78, 5) is 0. The summed E-state index contributed by atoms with van der Waals surface area (Å²) in [5.74, 6) is 0. The first-order chi connectivity index (χ1) is 8.41. The van der Waals surface area contributed by atoms with Crippen LogP contribution < -0.4 is 0 Å². The van der Waals surface area contributed by atoms with Gasteiger partial charge in [0.2, 0.25) is 0 Å². The SMILES string of the molecule is CCCCCCCCCCCCCCCCC.[Mn+2]. The van der Waals surface area contributed by atoms with E-state index in [0.29, 0.717) is 0 Å². The minimum Gasteiger partial charge on any atom is -0.0654 e. The Morgan fingerprint density at radius 3 is 0.667 bits per heavy atom. The number of hydrogen-bond donors (Lipinski definition) is 0. The van der Waals surface area contributed by atoms with Crippen LogP contribution in [0.1, 0.15) is 110 Å². The first-order valence-electron chi connectivity index (χ1n) is 8.41. The minimum atomic E-state index is 0. The maximum absolute atomic E-state index is 2.29. The van der Waals surface area contributed by atoms with Gasteiger partial charge in [-0.3, -0.25) is 0 Å². The van der Waals surface area contributed by atoms with Crippen LogP contribution in [0, 0.1) is 0 Å². The minimum absolute atomic E-state index is 0. The summed E-state index contributed by atoms with van der Waals surface area (Å²) < 4.78 is 0. The fourth-order valence-electron chi connectivity index (χ4n) is 2.44. The van der Waals surface area contributed by atoms with Crippen LogP contribution in [0.4, 0.5) is 0 Å². The van der Waals surface area contributed by atoms with Gasteiger partial charge in [0, 0.05) is 0 Å². The van der Waals surface area contributed by atoms with Gasteiger partial charge in [-0.15, -0.1) is 0 Å². The number of unbranched alkanes of at least 4 members (excludes halogenated alkanes) is 14. The Kier molecular flexibility index (Phi) is 23.0. The van der Waals surface area contributed by atoms with E-state index in [4.69, 9.17) is 0 Å². The standard InChI is InChI=1S/C17H36.Mn/c1-3-5-7-9-11-13-15-17-16-14-12-10-8-6-4-2;/h3-17H2,1-2H3;/q;+2. The van der Waals surface area contributed by atoms with Gasteiger partial charge in [0.15, 0.2) is 0 Å². The Labute approximate surface area is 127 Å². The zero-order chi connectivity index (χ0) is 12.6. The zero-order valence-corrected chi connectivity index (χ0v) is 14.2. The van der Waals surface area contributed by atoms with Gasteiger partial charge in [-0.1, -0.05) is 110 Å². The first-order valence-corrected chi connectivity index (χ1v) is 8.41. The van der Waals surface area contributed by atoms with Crippen LogP contribution in [0.2, 0.25) is 0 Å². The summed E-state index contributed by atoms with van der Waals surface area (Å²) in [6.45, 7) is 4.58. The molecule has 0 heterocycles. The molecule has 0 spiro atoms. The van der Waals surface area contributed by atoms with Crippen LogP contribution in [-0.4, -0.2) is 0 Å². The average Bonchev–Trinajstić information content (AvgIpc) is 2.35. The Bertz CT molecular complexity index is 109. The van der Waals surface area contributed by atoms with E-state index >= 15 is 0 Å². The predicted molar refractivity (Wildman–Crippen MR) is 80.6 cm³/mol. The van der Waals surface area contributed by atoms with Crippen LogP contribution in [0.25, 0.3) is 0 Å². The molecule has 0 unspecified atom stereocenters. The molecule has 0 saturated carbocycles. The van der Waals surface area contributed by atoms with Crippen molar-refractivity contribution in [2.45, 2.75) is 110 Å². The van der Waals surface area contributed by atoms with E-state index in [0.717, 1.165) is 0 Å². The molecule has 18 heavy (non-hydrogen) atoms. The molecule has 0 N–H and O–H groups in total. The Balaban J connectivity index is 0. The monoisotopic (exact) mass is 295 g/mol. The molecule has 0 nitrogen and oxygen atoms in total. The van der Waals surface area contributed by atoms with Crippen LogP contribution in [-0.2, 0) is 17.1 Å². The third-order valence-corrected chi connectivity index (χ3v) is 3.71. The predicted octanol–water partition coefficient (Wildman–Crippen LogP) is 6.88. The summed E-state index contributed by atoms with van der Waals surface area (Å²) in [6, 6.07) is 0. The fraction of sp³-hybridized carbons (Fsp3) is 1.00. The third kappa shape index (κ3) is 18.9. The molecule has 0 atom stereocenters. The molecule has 0 rings (SSSR count). The van der Waals surface area contributed by atoms with Crippen molar-refractivity contribution in [2.75, 3.05) is 0 Å². The molecule has 0 bridgehead atoms. The maximum atomic E-state index is 2.29. The molecule has 1 heteroatoms. The van der Waals surface area contributed by atoms with E-state index < -0.39 is 0 Å². The molecule has 0 aromatic rings. The molecule has 109 valence electrons. The van der Waals surface area contributed by atoms with Crippen molar-refractivity contribution in [1.29, 1.82) is 0 Å². The topological polar surface area (TPSA) is 0 Å². The molecule has 0 amide bonds. The second-order valence-corrected chi connectivity index (χ2v) is 5.60. The van der Waals surface area contributed by atoms with Crippen molar-refractivity contribution < 1.29 is 17.1 Å². The van der Waals surface area contributed by atoms with Crippen molar-refractivity contribution >= 4 is 0 Å². The summed E-state index contributed by atoms with van der Waals surface area (Å²) in [5, 5.41) is 0. The zero-order valence-electron chi connectivity index (χ0n) is 13.0.